The van der Waals surface area contributed by atoms with Gasteiger partial charge in [0.25, 0.3) is 0 Å². The van der Waals surface area contributed by atoms with E-state index in [-0.39, 0.29) is 0 Å². The van der Waals surface area contributed by atoms with E-state index in [0.717, 1.165) is 9.99 Å². The molecule has 0 unspecified atom stereocenters. The van der Waals surface area contributed by atoms with Crippen molar-refractivity contribution in [1.29, 1.82) is 0 Å². The molecule has 0 aromatic carbocycles. The Balaban J connectivity index is 2.90. The molecule has 62 valence electrons. The highest BCUT2D eigenvalue weighted by atomic mass is 79.9. The fraction of sp³-hybridized carbons (Fsp3) is 0. The molecule has 0 bridgehead atoms. The smallest absolute Gasteiger partial charge is 0.206 e. The van der Waals surface area contributed by atoms with Gasteiger partial charge in [0.05, 0.1) is 5.52 Å². The minimum atomic E-state index is 0.405. The molecule has 0 aliphatic carbocycles. The molecule has 5 heteroatoms. The topological polar surface area (TPSA) is 43.3 Å². The average molecular weight is 246 g/mol. The molecule has 0 spiro atoms. The number of nitrogens with zero attached hydrogens (tertiary/aromatic N) is 2. The molecule has 12 heavy (non-hydrogen) atoms. The van der Waals surface area contributed by atoms with Crippen LogP contribution in [0.3, 0.4) is 0 Å². The quantitative estimate of drug-likeness (QED) is 0.775. The summed E-state index contributed by atoms with van der Waals surface area (Å²) >= 11 is 9.15. The van der Waals surface area contributed by atoms with Crippen molar-refractivity contribution in [2.75, 3.05) is 5.73 Å². The van der Waals surface area contributed by atoms with Crippen LogP contribution < -0.4 is 5.73 Å². The number of rotatable bonds is 0. The Bertz CT molecular complexity index is 437. The molecule has 2 N–H and O–H groups in total. The molecular formula is C7H5BrClN3. The number of imidazole rings is 1. The third-order valence-electron chi connectivity index (χ3n) is 1.59. The van der Waals surface area contributed by atoms with E-state index in [2.05, 4.69) is 20.9 Å². The Hall–Kier alpha value is -0.740. The second kappa shape index (κ2) is 2.64. The van der Waals surface area contributed by atoms with Crippen LogP contribution in [0.25, 0.3) is 5.52 Å². The lowest BCUT2D eigenvalue weighted by molar-refractivity contribution is 1.17. The van der Waals surface area contributed by atoms with Crippen molar-refractivity contribution in [3.05, 3.63) is 28.0 Å². The second-order valence-electron chi connectivity index (χ2n) is 2.36. The standard InChI is InChI=1S/C7H5BrClN3/c8-4-1-2-12-5(3-4)6(9)11-7(12)10/h1-3H,(H2,10,11). The predicted molar refractivity (Wildman–Crippen MR) is 52.3 cm³/mol. The van der Waals surface area contributed by atoms with Crippen LogP contribution in [0.1, 0.15) is 0 Å². The molecule has 0 amide bonds. The summed E-state index contributed by atoms with van der Waals surface area (Å²) in [6.45, 7) is 0. The minimum Gasteiger partial charge on any atom is -0.369 e. The number of halogens is 2. The first-order valence-corrected chi connectivity index (χ1v) is 4.44. The van der Waals surface area contributed by atoms with Gasteiger partial charge in [-0.2, -0.15) is 0 Å². The van der Waals surface area contributed by atoms with Crippen LogP contribution in [0.2, 0.25) is 5.15 Å². The number of pyridine rings is 1. The van der Waals surface area contributed by atoms with Gasteiger partial charge in [0, 0.05) is 10.7 Å². The normalized spacial score (nSPS) is 10.8. The van der Waals surface area contributed by atoms with Crippen LogP contribution in [0.4, 0.5) is 5.95 Å². The zero-order valence-corrected chi connectivity index (χ0v) is 8.30. The van der Waals surface area contributed by atoms with E-state index in [4.69, 9.17) is 17.3 Å². The van der Waals surface area contributed by atoms with Crippen LogP contribution in [0.5, 0.6) is 0 Å². The highest BCUT2D eigenvalue weighted by molar-refractivity contribution is 9.10. The van der Waals surface area contributed by atoms with Gasteiger partial charge in [-0.25, -0.2) is 4.98 Å². The third kappa shape index (κ3) is 1.07. The molecule has 3 nitrogen and oxygen atoms in total. The first-order valence-electron chi connectivity index (χ1n) is 3.27. The zero-order valence-electron chi connectivity index (χ0n) is 5.96. The van der Waals surface area contributed by atoms with E-state index in [1.807, 2.05) is 18.3 Å². The molecule has 0 fully saturated rings. The maximum atomic E-state index is 5.82. The Morgan fingerprint density at radius 1 is 1.58 bits per heavy atom. The molecule has 2 heterocycles. The molecule has 0 atom stereocenters. The fourth-order valence-electron chi connectivity index (χ4n) is 1.04. The lowest BCUT2D eigenvalue weighted by atomic mass is 10.4. The van der Waals surface area contributed by atoms with Crippen molar-refractivity contribution in [3.63, 3.8) is 0 Å². The molecular weight excluding hydrogens is 241 g/mol. The van der Waals surface area contributed by atoms with Crippen LogP contribution >= 0.6 is 27.5 Å². The first kappa shape index (κ1) is 7.89. The lowest BCUT2D eigenvalue weighted by Gasteiger charge is -1.95. The highest BCUT2D eigenvalue weighted by Crippen LogP contribution is 2.22. The molecule has 0 aliphatic rings. The summed E-state index contributed by atoms with van der Waals surface area (Å²) in [5.41, 5.74) is 6.39. The molecule has 0 saturated heterocycles. The van der Waals surface area contributed by atoms with E-state index in [1.54, 1.807) is 4.40 Å². The molecule has 0 saturated carbocycles. The van der Waals surface area contributed by atoms with Gasteiger partial charge in [-0.15, -0.1) is 0 Å². The van der Waals surface area contributed by atoms with Gasteiger partial charge in [0.15, 0.2) is 5.15 Å². The van der Waals surface area contributed by atoms with Gasteiger partial charge in [-0.1, -0.05) is 27.5 Å². The van der Waals surface area contributed by atoms with Gasteiger partial charge >= 0.3 is 0 Å². The molecule has 2 rings (SSSR count). The largest absolute Gasteiger partial charge is 0.369 e. The van der Waals surface area contributed by atoms with Crippen LogP contribution in [0.15, 0.2) is 22.8 Å². The van der Waals surface area contributed by atoms with Gasteiger partial charge in [-0.05, 0) is 12.1 Å². The Morgan fingerprint density at radius 3 is 3.08 bits per heavy atom. The number of fused-ring (bicyclic) bond motifs is 1. The summed E-state index contributed by atoms with van der Waals surface area (Å²) in [5.74, 6) is 0.405. The molecule has 0 aliphatic heterocycles. The van der Waals surface area contributed by atoms with E-state index >= 15 is 0 Å². The highest BCUT2D eigenvalue weighted by Gasteiger charge is 2.05. The van der Waals surface area contributed by atoms with Gasteiger partial charge in [-0.3, -0.25) is 4.40 Å². The van der Waals surface area contributed by atoms with Crippen molar-refractivity contribution in [1.82, 2.24) is 9.38 Å². The number of nitrogen functional groups attached to an aromatic ring is 1. The SMILES string of the molecule is Nc1nc(Cl)c2cc(Br)ccn12. The zero-order chi connectivity index (χ0) is 8.72. The first-order chi connectivity index (χ1) is 5.68. The predicted octanol–water partition coefficient (Wildman–Crippen LogP) is 2.33. The van der Waals surface area contributed by atoms with E-state index in [9.17, 15) is 0 Å². The van der Waals surface area contributed by atoms with E-state index in [0.29, 0.717) is 11.1 Å². The van der Waals surface area contributed by atoms with Gasteiger partial charge in [0.2, 0.25) is 5.95 Å². The second-order valence-corrected chi connectivity index (χ2v) is 3.63. The van der Waals surface area contributed by atoms with E-state index in [1.165, 1.54) is 0 Å². The molecule has 2 aromatic rings. The van der Waals surface area contributed by atoms with Crippen LogP contribution in [-0.4, -0.2) is 9.38 Å². The monoisotopic (exact) mass is 245 g/mol. The van der Waals surface area contributed by atoms with Crippen molar-refractivity contribution in [3.8, 4) is 0 Å². The lowest BCUT2D eigenvalue weighted by Crippen LogP contribution is -1.92. The maximum Gasteiger partial charge on any atom is 0.206 e. The van der Waals surface area contributed by atoms with Crippen molar-refractivity contribution >= 4 is 39.0 Å². The number of hydrogen-bond acceptors (Lipinski definition) is 2. The fourth-order valence-corrected chi connectivity index (χ4v) is 1.61. The summed E-state index contributed by atoms with van der Waals surface area (Å²) in [6, 6.07) is 3.74. The number of anilines is 1. The van der Waals surface area contributed by atoms with Crippen LogP contribution in [0, 0.1) is 0 Å². The average Bonchev–Trinajstić information content (AvgIpc) is 2.28. The summed E-state index contributed by atoms with van der Waals surface area (Å²) in [6.07, 6.45) is 1.81. The summed E-state index contributed by atoms with van der Waals surface area (Å²) in [4.78, 5) is 3.92. The Kier molecular flexibility index (Phi) is 1.73. The van der Waals surface area contributed by atoms with E-state index < -0.39 is 0 Å². The van der Waals surface area contributed by atoms with Crippen molar-refractivity contribution in [2.45, 2.75) is 0 Å². The molecule has 2 aromatic heterocycles. The molecule has 0 radical (unpaired) electrons. The summed E-state index contributed by atoms with van der Waals surface area (Å²) in [7, 11) is 0. The number of hydrogen-bond donors (Lipinski definition) is 1. The number of nitrogens with two attached hydrogens (primary N) is 1. The summed E-state index contributed by atoms with van der Waals surface area (Å²) < 4.78 is 2.68. The Morgan fingerprint density at radius 2 is 2.33 bits per heavy atom. The maximum absolute atomic E-state index is 5.82. The number of aromatic nitrogens is 2. The van der Waals surface area contributed by atoms with Gasteiger partial charge in [0.1, 0.15) is 0 Å². The third-order valence-corrected chi connectivity index (χ3v) is 2.36. The van der Waals surface area contributed by atoms with Crippen molar-refractivity contribution in [2.24, 2.45) is 0 Å². The Labute approximate surface area is 82.3 Å². The van der Waals surface area contributed by atoms with Gasteiger partial charge < -0.3 is 5.73 Å². The summed E-state index contributed by atoms with van der Waals surface area (Å²) in [5, 5.41) is 0.425. The van der Waals surface area contributed by atoms with Crippen molar-refractivity contribution < 1.29 is 0 Å². The minimum absolute atomic E-state index is 0.405. The van der Waals surface area contributed by atoms with Crippen LogP contribution in [-0.2, 0) is 0 Å².